The van der Waals surface area contributed by atoms with Gasteiger partial charge in [-0.25, -0.2) is 0 Å². The van der Waals surface area contributed by atoms with Crippen molar-refractivity contribution in [3.63, 3.8) is 0 Å². The lowest BCUT2D eigenvalue weighted by atomic mass is 9.49. The molecule has 4 nitrogen and oxygen atoms in total. The van der Waals surface area contributed by atoms with Crippen molar-refractivity contribution in [3.8, 4) is 0 Å². The molecule has 2 amide bonds. The summed E-state index contributed by atoms with van der Waals surface area (Å²) in [6.07, 6.45) is 7.01. The summed E-state index contributed by atoms with van der Waals surface area (Å²) in [5.41, 5.74) is 1.63. The van der Waals surface area contributed by atoms with Crippen molar-refractivity contribution in [1.82, 2.24) is 5.32 Å². The van der Waals surface area contributed by atoms with Gasteiger partial charge in [-0.2, -0.15) is 0 Å². The van der Waals surface area contributed by atoms with E-state index in [0.717, 1.165) is 48.3 Å². The van der Waals surface area contributed by atoms with E-state index in [4.69, 9.17) is 0 Å². The standard InChI is InChI=1S/C23H32N2O2/c1-14(2)20(21(26)24-19-7-5-4-6-15(19)3)25-22(27)23-11-16-8-17(12-23)10-18(9-16)13-23/h4-7,14,16-18,20H,8-13H2,1-3H3,(H,24,26)(H,25,27). The second-order valence-corrected chi connectivity index (χ2v) is 9.70. The maximum Gasteiger partial charge on any atom is 0.247 e. The highest BCUT2D eigenvalue weighted by molar-refractivity contribution is 5.98. The number of hydrogen-bond donors (Lipinski definition) is 2. The molecule has 0 saturated heterocycles. The van der Waals surface area contributed by atoms with E-state index < -0.39 is 6.04 Å². The van der Waals surface area contributed by atoms with Crippen molar-refractivity contribution in [3.05, 3.63) is 29.8 Å². The van der Waals surface area contributed by atoms with Crippen molar-refractivity contribution in [2.45, 2.75) is 65.3 Å². The number of carbonyl (C=O) groups excluding carboxylic acids is 2. The molecule has 1 aromatic rings. The normalized spacial score (nSPS) is 32.4. The molecule has 5 rings (SSSR count). The molecule has 4 aliphatic rings. The summed E-state index contributed by atoms with van der Waals surface area (Å²) >= 11 is 0. The number of carbonyl (C=O) groups is 2. The van der Waals surface area contributed by atoms with Gasteiger partial charge in [0, 0.05) is 11.1 Å². The molecule has 0 heterocycles. The number of benzene rings is 1. The zero-order valence-corrected chi connectivity index (χ0v) is 16.8. The van der Waals surface area contributed by atoms with E-state index in [0.29, 0.717) is 0 Å². The Kier molecular flexibility index (Phi) is 4.77. The molecule has 1 atom stereocenters. The number of hydrogen-bond acceptors (Lipinski definition) is 2. The van der Waals surface area contributed by atoms with Gasteiger partial charge >= 0.3 is 0 Å². The van der Waals surface area contributed by atoms with Crippen LogP contribution in [0.4, 0.5) is 5.69 Å². The number of amides is 2. The van der Waals surface area contributed by atoms with E-state index in [1.54, 1.807) is 0 Å². The van der Waals surface area contributed by atoms with E-state index in [9.17, 15) is 9.59 Å². The largest absolute Gasteiger partial charge is 0.344 e. The third kappa shape index (κ3) is 3.51. The highest BCUT2D eigenvalue weighted by atomic mass is 16.2. The lowest BCUT2D eigenvalue weighted by Crippen LogP contribution is -2.57. The minimum atomic E-state index is -0.495. The minimum Gasteiger partial charge on any atom is -0.344 e. The van der Waals surface area contributed by atoms with Gasteiger partial charge in [-0.1, -0.05) is 32.0 Å². The predicted molar refractivity (Wildman–Crippen MR) is 107 cm³/mol. The molecule has 4 aliphatic carbocycles. The van der Waals surface area contributed by atoms with Crippen LogP contribution in [0.3, 0.4) is 0 Å². The summed E-state index contributed by atoms with van der Waals surface area (Å²) < 4.78 is 0. The van der Waals surface area contributed by atoms with Gasteiger partial charge in [0.25, 0.3) is 0 Å². The van der Waals surface area contributed by atoms with Crippen LogP contribution in [0.25, 0.3) is 0 Å². The Labute approximate surface area is 162 Å². The SMILES string of the molecule is Cc1ccccc1NC(=O)C(NC(=O)C12CC3CC(CC(C3)C1)C2)C(C)C. The summed E-state index contributed by atoms with van der Waals surface area (Å²) in [5, 5.41) is 6.18. The van der Waals surface area contributed by atoms with Gasteiger partial charge in [-0.15, -0.1) is 0 Å². The van der Waals surface area contributed by atoms with Gasteiger partial charge in [-0.3, -0.25) is 9.59 Å². The van der Waals surface area contributed by atoms with Crippen molar-refractivity contribution < 1.29 is 9.59 Å². The second-order valence-electron chi connectivity index (χ2n) is 9.70. The van der Waals surface area contributed by atoms with Gasteiger partial charge in [0.2, 0.25) is 11.8 Å². The smallest absolute Gasteiger partial charge is 0.247 e. The first-order valence-corrected chi connectivity index (χ1v) is 10.5. The van der Waals surface area contributed by atoms with Gasteiger partial charge in [0.05, 0.1) is 0 Å². The van der Waals surface area contributed by atoms with Crippen molar-refractivity contribution in [1.29, 1.82) is 0 Å². The van der Waals surface area contributed by atoms with Crippen LogP contribution >= 0.6 is 0 Å². The number of aryl methyl sites for hydroxylation is 1. The fraction of sp³-hybridized carbons (Fsp3) is 0.652. The molecular formula is C23H32N2O2. The molecule has 27 heavy (non-hydrogen) atoms. The van der Waals surface area contributed by atoms with Crippen LogP contribution < -0.4 is 10.6 Å². The Hall–Kier alpha value is -1.84. The molecule has 1 unspecified atom stereocenters. The lowest BCUT2D eigenvalue weighted by molar-refractivity contribution is -0.148. The van der Waals surface area contributed by atoms with E-state index in [1.807, 2.05) is 45.0 Å². The zero-order chi connectivity index (χ0) is 19.2. The molecule has 0 aliphatic heterocycles. The number of anilines is 1. The molecular weight excluding hydrogens is 336 g/mol. The lowest BCUT2D eigenvalue weighted by Gasteiger charge is -2.55. The maximum absolute atomic E-state index is 13.3. The fourth-order valence-corrected chi connectivity index (χ4v) is 6.14. The summed E-state index contributed by atoms with van der Waals surface area (Å²) in [6.45, 7) is 5.98. The summed E-state index contributed by atoms with van der Waals surface area (Å²) in [5.74, 6) is 2.23. The molecule has 146 valence electrons. The highest BCUT2D eigenvalue weighted by Gasteiger charge is 2.55. The second kappa shape index (κ2) is 6.96. The van der Waals surface area contributed by atoms with Crippen molar-refractivity contribution >= 4 is 17.5 Å². The number of nitrogens with one attached hydrogen (secondary N) is 2. The van der Waals surface area contributed by atoms with Gasteiger partial charge < -0.3 is 10.6 Å². The quantitative estimate of drug-likeness (QED) is 0.814. The van der Waals surface area contributed by atoms with Crippen molar-refractivity contribution in [2.24, 2.45) is 29.1 Å². The van der Waals surface area contributed by atoms with Crippen LogP contribution in [-0.4, -0.2) is 17.9 Å². The Morgan fingerprint density at radius 2 is 1.56 bits per heavy atom. The first kappa shape index (κ1) is 18.5. The summed E-state index contributed by atoms with van der Waals surface area (Å²) in [6, 6.07) is 7.27. The molecule has 4 saturated carbocycles. The molecule has 2 N–H and O–H groups in total. The molecule has 4 fully saturated rings. The average molecular weight is 369 g/mol. The minimum absolute atomic E-state index is 0.0480. The molecule has 1 aromatic carbocycles. The van der Waals surface area contributed by atoms with Crippen LogP contribution in [0.2, 0.25) is 0 Å². The number of rotatable bonds is 5. The predicted octanol–water partition coefficient (Wildman–Crippen LogP) is 4.29. The summed E-state index contributed by atoms with van der Waals surface area (Å²) in [4.78, 5) is 26.3. The van der Waals surface area contributed by atoms with Crippen LogP contribution in [0.5, 0.6) is 0 Å². The molecule has 0 aromatic heterocycles. The zero-order valence-electron chi connectivity index (χ0n) is 16.8. The van der Waals surface area contributed by atoms with Gasteiger partial charge in [-0.05, 0) is 80.8 Å². The van der Waals surface area contributed by atoms with Crippen LogP contribution in [0, 0.1) is 36.0 Å². The topological polar surface area (TPSA) is 58.2 Å². The first-order chi connectivity index (χ1) is 12.9. The summed E-state index contributed by atoms with van der Waals surface area (Å²) in [7, 11) is 0. The van der Waals surface area contributed by atoms with Crippen LogP contribution in [0.1, 0.15) is 57.9 Å². The van der Waals surface area contributed by atoms with Gasteiger partial charge in [0.15, 0.2) is 0 Å². The average Bonchev–Trinajstić information content (AvgIpc) is 2.59. The Balaban J connectivity index is 1.48. The molecule has 4 heteroatoms. The van der Waals surface area contributed by atoms with Gasteiger partial charge in [0.1, 0.15) is 6.04 Å². The molecule has 0 spiro atoms. The van der Waals surface area contributed by atoms with Crippen LogP contribution in [-0.2, 0) is 9.59 Å². The van der Waals surface area contributed by atoms with E-state index in [2.05, 4.69) is 10.6 Å². The number of para-hydroxylation sites is 1. The Bertz CT molecular complexity index is 704. The third-order valence-corrected chi connectivity index (χ3v) is 7.16. The molecule has 0 radical (unpaired) electrons. The third-order valence-electron chi connectivity index (χ3n) is 7.16. The van der Waals surface area contributed by atoms with E-state index >= 15 is 0 Å². The highest BCUT2D eigenvalue weighted by Crippen LogP contribution is 2.60. The van der Waals surface area contributed by atoms with Crippen LogP contribution in [0.15, 0.2) is 24.3 Å². The first-order valence-electron chi connectivity index (χ1n) is 10.5. The van der Waals surface area contributed by atoms with Crippen molar-refractivity contribution in [2.75, 3.05) is 5.32 Å². The Morgan fingerprint density at radius 1 is 1.00 bits per heavy atom. The molecule has 4 bridgehead atoms. The monoisotopic (exact) mass is 368 g/mol. The Morgan fingerprint density at radius 3 is 2.07 bits per heavy atom. The van der Waals surface area contributed by atoms with E-state index in [-0.39, 0.29) is 23.1 Å². The maximum atomic E-state index is 13.3. The fourth-order valence-electron chi connectivity index (χ4n) is 6.14. The van der Waals surface area contributed by atoms with E-state index in [1.165, 1.54) is 19.3 Å².